The van der Waals surface area contributed by atoms with Gasteiger partial charge in [0.15, 0.2) is 11.7 Å². The minimum absolute atomic E-state index is 0. The highest BCUT2D eigenvalue weighted by atomic mass is 35.5. The molecule has 33 heavy (non-hydrogen) atoms. The first-order valence-corrected chi connectivity index (χ1v) is 10.8. The number of carbonyl (C=O) groups is 3. The van der Waals surface area contributed by atoms with Crippen molar-refractivity contribution in [1.29, 1.82) is 0 Å². The van der Waals surface area contributed by atoms with Gasteiger partial charge >= 0.3 is 0 Å². The largest absolute Gasteiger partial charge is 0.870 e. The summed E-state index contributed by atoms with van der Waals surface area (Å²) in [4.78, 5) is 41.4. The molecule has 8 nitrogen and oxygen atoms in total. The Kier molecular flexibility index (Phi) is 10.2. The zero-order valence-electron chi connectivity index (χ0n) is 19.7. The van der Waals surface area contributed by atoms with E-state index in [1.54, 1.807) is 56.4 Å². The number of aliphatic hydroxyl groups excluding tert-OH is 1. The van der Waals surface area contributed by atoms with E-state index in [0.29, 0.717) is 17.9 Å². The highest BCUT2D eigenvalue weighted by molar-refractivity contribution is 6.40. The average Bonchev–Trinajstić information content (AvgIpc) is 2.73. The maximum absolute atomic E-state index is 13.0. The molecule has 2 N–H and O–H groups in total. The molecule has 0 saturated carbocycles. The van der Waals surface area contributed by atoms with E-state index in [4.69, 9.17) is 16.7 Å². The third-order valence-corrected chi connectivity index (χ3v) is 5.42. The van der Waals surface area contributed by atoms with Gasteiger partial charge in [0.1, 0.15) is 6.54 Å². The third kappa shape index (κ3) is 6.61. The van der Waals surface area contributed by atoms with Gasteiger partial charge in [0.05, 0.1) is 44.0 Å². The van der Waals surface area contributed by atoms with Crippen LogP contribution in [0.2, 0.25) is 5.02 Å². The molecule has 2 amide bonds. The maximum Gasteiger partial charge on any atom is 0.247 e. The third-order valence-electron chi connectivity index (χ3n) is 5.11. The van der Waals surface area contributed by atoms with Gasteiger partial charge in [0, 0.05) is 19.3 Å². The van der Waals surface area contributed by atoms with Crippen LogP contribution in [-0.4, -0.2) is 80.6 Å². The number of benzene rings is 2. The molecule has 3 rings (SSSR count). The van der Waals surface area contributed by atoms with Crippen LogP contribution in [0.25, 0.3) is 0 Å². The van der Waals surface area contributed by atoms with Gasteiger partial charge in [0.2, 0.25) is 11.8 Å². The molecule has 1 aliphatic rings. The number of halogens is 1. The van der Waals surface area contributed by atoms with Gasteiger partial charge < -0.3 is 24.9 Å². The molecule has 9 heteroatoms. The van der Waals surface area contributed by atoms with Crippen LogP contribution in [-0.2, 0) is 9.59 Å². The number of quaternary nitrogens is 1. The number of carbonyl (C=O) groups excluding carboxylic acids is 3. The molecule has 180 valence electrons. The Morgan fingerprint density at radius 2 is 1.70 bits per heavy atom. The van der Waals surface area contributed by atoms with E-state index in [2.05, 4.69) is 21.1 Å². The minimum atomic E-state index is -1.42. The number of likely N-dealkylation sites (N-methyl/N-ethyl adjacent to an activating group) is 1. The van der Waals surface area contributed by atoms with E-state index in [1.807, 2.05) is 6.07 Å². The summed E-state index contributed by atoms with van der Waals surface area (Å²) in [6, 6.07) is 13.9. The van der Waals surface area contributed by atoms with Gasteiger partial charge in [-0.25, -0.2) is 0 Å². The molecule has 0 saturated heterocycles. The summed E-state index contributed by atoms with van der Waals surface area (Å²) in [6.45, 7) is 3.26. The SMILES string of the molecule is CCN(C(=O)C1C(=O)c2c(Cl)cccc2N(C)C1=O)c1ccccc1.C[N+](C)(C)CCO.[OH-]. The first-order valence-electron chi connectivity index (χ1n) is 10.4. The van der Waals surface area contributed by atoms with Crippen LogP contribution < -0.4 is 9.80 Å². The second-order valence-electron chi connectivity index (χ2n) is 8.48. The Morgan fingerprint density at radius 3 is 2.18 bits per heavy atom. The second-order valence-corrected chi connectivity index (χ2v) is 8.89. The van der Waals surface area contributed by atoms with Gasteiger partial charge in [-0.05, 0) is 31.2 Å². The molecule has 0 spiro atoms. The number of hydrogen-bond acceptors (Lipinski definition) is 5. The number of anilines is 2. The Morgan fingerprint density at radius 1 is 1.09 bits per heavy atom. The van der Waals surface area contributed by atoms with E-state index >= 15 is 0 Å². The summed E-state index contributed by atoms with van der Waals surface area (Å²) in [5.74, 6) is -3.05. The Labute approximate surface area is 199 Å². The van der Waals surface area contributed by atoms with Crippen LogP contribution in [0.4, 0.5) is 11.4 Å². The van der Waals surface area contributed by atoms with Crippen molar-refractivity contribution < 1.29 is 29.4 Å². The first-order chi connectivity index (χ1) is 15.0. The monoisotopic (exact) mass is 477 g/mol. The van der Waals surface area contributed by atoms with Crippen molar-refractivity contribution in [1.82, 2.24) is 0 Å². The predicted octanol–water partition coefficient (Wildman–Crippen LogP) is 2.68. The van der Waals surface area contributed by atoms with Gasteiger partial charge in [0.25, 0.3) is 0 Å². The van der Waals surface area contributed by atoms with Crippen molar-refractivity contribution >= 4 is 40.6 Å². The van der Waals surface area contributed by atoms with Crippen molar-refractivity contribution in [2.45, 2.75) is 6.92 Å². The average molecular weight is 478 g/mol. The Balaban J connectivity index is 0.000000595. The lowest BCUT2D eigenvalue weighted by molar-refractivity contribution is -0.870. The van der Waals surface area contributed by atoms with Crippen molar-refractivity contribution in [2.24, 2.45) is 5.92 Å². The molecule has 0 radical (unpaired) electrons. The molecule has 1 atom stereocenters. The molecule has 1 unspecified atom stereocenters. The van der Waals surface area contributed by atoms with Gasteiger partial charge in [-0.1, -0.05) is 35.9 Å². The number of aliphatic hydroxyl groups is 1. The topological polar surface area (TPSA) is 108 Å². The summed E-state index contributed by atoms with van der Waals surface area (Å²) < 4.78 is 0.844. The number of fused-ring (bicyclic) bond motifs is 1. The van der Waals surface area contributed by atoms with Gasteiger partial charge in [-0.15, -0.1) is 0 Å². The lowest BCUT2D eigenvalue weighted by Gasteiger charge is -2.33. The number of amides is 2. The summed E-state index contributed by atoms with van der Waals surface area (Å²) in [7, 11) is 7.70. The second kappa shape index (κ2) is 11.9. The summed E-state index contributed by atoms with van der Waals surface area (Å²) >= 11 is 6.17. The molecule has 1 aliphatic heterocycles. The highest BCUT2D eigenvalue weighted by Gasteiger charge is 2.45. The standard InChI is InChI=1S/C19H17ClN2O3.C5H14NO.H2O/c1-3-22(12-8-5-4-6-9-12)19(25)16-17(23)15-13(20)10-7-11-14(15)21(2)18(16)24;1-6(2,3)4-5-7;/h4-11,16H,3H2,1-2H3;7H,4-5H2,1-3H3;1H2/q;+1;/p-1. The van der Waals surface area contributed by atoms with Crippen LogP contribution in [0.3, 0.4) is 0 Å². The fourth-order valence-corrected chi connectivity index (χ4v) is 3.61. The number of rotatable bonds is 5. The number of ketones is 1. The highest BCUT2D eigenvalue weighted by Crippen LogP contribution is 2.35. The van der Waals surface area contributed by atoms with Gasteiger partial charge in [-0.3, -0.25) is 14.4 Å². The summed E-state index contributed by atoms with van der Waals surface area (Å²) in [5, 5.41) is 8.62. The lowest BCUT2D eigenvalue weighted by atomic mass is 9.89. The zero-order valence-corrected chi connectivity index (χ0v) is 20.4. The van der Waals surface area contributed by atoms with Crippen molar-refractivity contribution in [3.05, 3.63) is 59.1 Å². The number of para-hydroxylation sites is 1. The molecule has 1 heterocycles. The number of hydrogen-bond donors (Lipinski definition) is 1. The quantitative estimate of drug-likeness (QED) is 0.526. The minimum Gasteiger partial charge on any atom is -0.870 e. The van der Waals surface area contributed by atoms with E-state index in [0.717, 1.165) is 11.0 Å². The lowest BCUT2D eigenvalue weighted by Crippen LogP contribution is -2.51. The first kappa shape index (κ1) is 28.3. The molecule has 0 aromatic heterocycles. The smallest absolute Gasteiger partial charge is 0.247 e. The predicted molar refractivity (Wildman–Crippen MR) is 129 cm³/mol. The fraction of sp³-hybridized carbons (Fsp3) is 0.375. The van der Waals surface area contributed by atoms with Crippen molar-refractivity contribution in [3.8, 4) is 0 Å². The normalized spacial score (nSPS) is 15.1. The van der Waals surface area contributed by atoms with E-state index in [1.165, 1.54) is 9.80 Å². The Bertz CT molecular complexity index is 976. The van der Waals surface area contributed by atoms with Gasteiger partial charge in [-0.2, -0.15) is 0 Å². The van der Waals surface area contributed by atoms with Crippen LogP contribution in [0.15, 0.2) is 48.5 Å². The summed E-state index contributed by atoms with van der Waals surface area (Å²) in [6.07, 6.45) is 0. The van der Waals surface area contributed by atoms with E-state index in [9.17, 15) is 14.4 Å². The number of nitrogens with zero attached hydrogens (tertiary/aromatic N) is 3. The summed E-state index contributed by atoms with van der Waals surface area (Å²) in [5.41, 5.74) is 1.28. The molecule has 2 aromatic rings. The maximum atomic E-state index is 13.0. The van der Waals surface area contributed by atoms with Crippen LogP contribution in [0.5, 0.6) is 0 Å². The molecular weight excluding hydrogens is 446 g/mol. The van der Waals surface area contributed by atoms with Crippen LogP contribution >= 0.6 is 11.6 Å². The van der Waals surface area contributed by atoms with E-state index in [-0.39, 0.29) is 22.7 Å². The molecule has 2 aromatic carbocycles. The van der Waals surface area contributed by atoms with E-state index < -0.39 is 23.5 Å². The molecule has 0 bridgehead atoms. The fourth-order valence-electron chi connectivity index (χ4n) is 3.35. The molecule has 0 aliphatic carbocycles. The molecular formula is C24H32ClN3O5. The van der Waals surface area contributed by atoms with Crippen LogP contribution in [0.1, 0.15) is 17.3 Å². The Hall–Kier alpha value is -2.78. The van der Waals surface area contributed by atoms with Crippen molar-refractivity contribution in [2.75, 3.05) is 57.7 Å². The zero-order chi connectivity index (χ0) is 24.1. The molecule has 0 fully saturated rings. The van der Waals surface area contributed by atoms with Crippen molar-refractivity contribution in [3.63, 3.8) is 0 Å². The van der Waals surface area contributed by atoms with Crippen LogP contribution in [0, 0.1) is 5.92 Å². The number of Topliss-reactive ketones (excluding diaryl/α,β-unsaturated/α-hetero) is 1.